The molecule has 0 aliphatic rings. The predicted octanol–water partition coefficient (Wildman–Crippen LogP) is 18.3. The smallest absolute Gasteiger partial charge is 0.137 e. The lowest BCUT2D eigenvalue weighted by Gasteiger charge is -2.26. The Kier molecular flexibility index (Phi) is 8.89. The minimum atomic E-state index is 0.864. The maximum Gasteiger partial charge on any atom is 0.137 e. The third kappa shape index (κ3) is 6.34. The minimum Gasteiger partial charge on any atom is -0.456 e. The van der Waals surface area contributed by atoms with Crippen molar-refractivity contribution in [3.63, 3.8) is 0 Å². The lowest BCUT2D eigenvalue weighted by molar-refractivity contribution is 0.669. The zero-order valence-corrected chi connectivity index (χ0v) is 36.0. The SMILES string of the molecule is c1ccc(-c2c(-c3ccccc3)c3cc(-c4ccc(N(c5ccc(-c6ccc7c(ccc8ccccc87)c6)cc5)c5ccc6c(c5)oc5ccccc56)cc4)ccc3c3ccccc23)cc1. The van der Waals surface area contributed by atoms with Crippen LogP contribution in [0, 0.1) is 0 Å². The lowest BCUT2D eigenvalue weighted by Crippen LogP contribution is -2.09. The molecule has 0 amide bonds. The van der Waals surface area contributed by atoms with Crippen LogP contribution in [-0.4, -0.2) is 0 Å². The van der Waals surface area contributed by atoms with E-state index in [1.807, 2.05) is 12.1 Å². The number of rotatable bonds is 7. The number of benzene rings is 12. The fourth-order valence-electron chi connectivity index (χ4n) is 10.3. The second-order valence-electron chi connectivity index (χ2n) is 17.2. The van der Waals surface area contributed by atoms with E-state index in [0.717, 1.165) is 44.6 Å². The van der Waals surface area contributed by atoms with Crippen LogP contribution < -0.4 is 4.90 Å². The van der Waals surface area contributed by atoms with Gasteiger partial charge in [0.15, 0.2) is 0 Å². The molecule has 2 heteroatoms. The van der Waals surface area contributed by atoms with Crippen molar-refractivity contribution in [1.82, 2.24) is 0 Å². The van der Waals surface area contributed by atoms with Crippen molar-refractivity contribution in [2.24, 2.45) is 0 Å². The second-order valence-corrected chi connectivity index (χ2v) is 17.2. The van der Waals surface area contributed by atoms with E-state index in [1.54, 1.807) is 0 Å². The molecule has 0 bridgehead atoms. The first-order chi connectivity index (χ1) is 32.7. The van der Waals surface area contributed by atoms with Crippen LogP contribution in [0.3, 0.4) is 0 Å². The van der Waals surface area contributed by atoms with Gasteiger partial charge in [0.25, 0.3) is 0 Å². The standard InChI is InChI=1S/C64H41NO/c1-3-14-45(15-4-1)63-59-21-10-9-19-55(59)56-37-30-48(40-60(56)64(63)46-16-5-2-6-17-46)43-27-33-51(34-28-43)65(52-35-38-58-57-20-11-12-22-61(57)66-62(58)41-52)50-31-25-42(26-32-50)47-29-36-54-49(39-47)24-23-44-13-7-8-18-53(44)54/h1-41H. The van der Waals surface area contributed by atoms with Gasteiger partial charge in [0.1, 0.15) is 11.2 Å². The Morgan fingerprint density at radius 2 is 0.682 bits per heavy atom. The highest BCUT2D eigenvalue weighted by molar-refractivity contribution is 6.22. The summed E-state index contributed by atoms with van der Waals surface area (Å²) in [6.07, 6.45) is 0. The number of fused-ring (bicyclic) bond motifs is 9. The van der Waals surface area contributed by atoms with Gasteiger partial charge in [-0.1, -0.05) is 188 Å². The van der Waals surface area contributed by atoms with E-state index in [1.165, 1.54) is 82.0 Å². The topological polar surface area (TPSA) is 16.4 Å². The van der Waals surface area contributed by atoms with E-state index in [-0.39, 0.29) is 0 Å². The van der Waals surface area contributed by atoms with Gasteiger partial charge in [0, 0.05) is 33.9 Å². The van der Waals surface area contributed by atoms with Gasteiger partial charge in [0.2, 0.25) is 0 Å². The number of furan rings is 1. The van der Waals surface area contributed by atoms with Gasteiger partial charge in [-0.05, 0) is 142 Å². The van der Waals surface area contributed by atoms with Crippen LogP contribution >= 0.6 is 0 Å². The average molecular weight is 840 g/mol. The van der Waals surface area contributed by atoms with Gasteiger partial charge in [-0.25, -0.2) is 0 Å². The first kappa shape index (κ1) is 37.8. The molecule has 0 N–H and O–H groups in total. The molecule has 0 fully saturated rings. The molecule has 12 aromatic carbocycles. The van der Waals surface area contributed by atoms with Crippen LogP contribution in [0.5, 0.6) is 0 Å². The molecule has 308 valence electrons. The molecule has 2 nitrogen and oxygen atoms in total. The maximum atomic E-state index is 6.44. The van der Waals surface area contributed by atoms with Crippen molar-refractivity contribution < 1.29 is 4.42 Å². The third-order valence-electron chi connectivity index (χ3n) is 13.4. The van der Waals surface area contributed by atoms with Gasteiger partial charge in [0.05, 0.1) is 0 Å². The van der Waals surface area contributed by atoms with E-state index < -0.39 is 0 Å². The first-order valence-corrected chi connectivity index (χ1v) is 22.7. The van der Waals surface area contributed by atoms with E-state index in [0.29, 0.717) is 0 Å². The Labute approximate surface area is 382 Å². The Morgan fingerprint density at radius 3 is 1.38 bits per heavy atom. The normalized spacial score (nSPS) is 11.6. The molecule has 0 atom stereocenters. The van der Waals surface area contributed by atoms with Crippen molar-refractivity contribution in [1.29, 1.82) is 0 Å². The Hall–Kier alpha value is -8.72. The highest BCUT2D eigenvalue weighted by atomic mass is 16.3. The van der Waals surface area contributed by atoms with Crippen LogP contribution in [0.15, 0.2) is 253 Å². The van der Waals surface area contributed by atoms with Crippen molar-refractivity contribution in [2.45, 2.75) is 0 Å². The first-order valence-electron chi connectivity index (χ1n) is 22.7. The van der Waals surface area contributed by atoms with Crippen LogP contribution in [0.4, 0.5) is 17.1 Å². The third-order valence-corrected chi connectivity index (χ3v) is 13.4. The van der Waals surface area contributed by atoms with E-state index in [9.17, 15) is 0 Å². The summed E-state index contributed by atoms with van der Waals surface area (Å²) in [4.78, 5) is 2.33. The van der Waals surface area contributed by atoms with Crippen LogP contribution in [0.1, 0.15) is 0 Å². The fourth-order valence-corrected chi connectivity index (χ4v) is 10.3. The van der Waals surface area contributed by atoms with Gasteiger partial charge in [-0.15, -0.1) is 0 Å². The molecular formula is C64H41NO. The van der Waals surface area contributed by atoms with Gasteiger partial charge >= 0.3 is 0 Å². The molecule has 0 radical (unpaired) electrons. The van der Waals surface area contributed by atoms with E-state index in [2.05, 4.69) is 241 Å². The maximum absolute atomic E-state index is 6.44. The lowest BCUT2D eigenvalue weighted by atomic mass is 9.84. The summed E-state index contributed by atoms with van der Waals surface area (Å²) in [6.45, 7) is 0. The average Bonchev–Trinajstić information content (AvgIpc) is 3.77. The van der Waals surface area contributed by atoms with Crippen LogP contribution in [0.2, 0.25) is 0 Å². The molecule has 0 unspecified atom stereocenters. The second kappa shape index (κ2) is 15.5. The summed E-state index contributed by atoms with van der Waals surface area (Å²) in [7, 11) is 0. The molecule has 1 aromatic heterocycles. The Bertz CT molecular complexity index is 3960. The van der Waals surface area contributed by atoms with E-state index >= 15 is 0 Å². The highest BCUT2D eigenvalue weighted by Crippen LogP contribution is 2.46. The summed E-state index contributed by atoms with van der Waals surface area (Å²) in [5.41, 5.74) is 14.5. The highest BCUT2D eigenvalue weighted by Gasteiger charge is 2.20. The van der Waals surface area contributed by atoms with Gasteiger partial charge in [-0.2, -0.15) is 0 Å². The molecular weight excluding hydrogens is 799 g/mol. The number of para-hydroxylation sites is 1. The molecule has 1 heterocycles. The van der Waals surface area contributed by atoms with Crippen molar-refractivity contribution >= 4 is 82.1 Å². The van der Waals surface area contributed by atoms with Crippen molar-refractivity contribution in [3.05, 3.63) is 249 Å². The van der Waals surface area contributed by atoms with Gasteiger partial charge in [-0.3, -0.25) is 0 Å². The van der Waals surface area contributed by atoms with Crippen LogP contribution in [0.25, 0.3) is 110 Å². The molecule has 13 rings (SSSR count). The number of hydrogen-bond donors (Lipinski definition) is 0. The molecule has 66 heavy (non-hydrogen) atoms. The summed E-state index contributed by atoms with van der Waals surface area (Å²) in [5.74, 6) is 0. The monoisotopic (exact) mass is 839 g/mol. The zero-order chi connectivity index (χ0) is 43.6. The van der Waals surface area contributed by atoms with Crippen LogP contribution in [-0.2, 0) is 0 Å². The number of hydrogen-bond acceptors (Lipinski definition) is 2. The molecule has 0 spiro atoms. The largest absolute Gasteiger partial charge is 0.456 e. The molecule has 13 aromatic rings. The molecule has 0 saturated heterocycles. The Balaban J connectivity index is 0.927. The number of nitrogens with zero attached hydrogens (tertiary/aromatic N) is 1. The fraction of sp³-hybridized carbons (Fsp3) is 0. The minimum absolute atomic E-state index is 0.864. The summed E-state index contributed by atoms with van der Waals surface area (Å²) in [6, 6.07) is 90.3. The predicted molar refractivity (Wildman–Crippen MR) is 280 cm³/mol. The number of anilines is 3. The molecule has 0 aliphatic heterocycles. The van der Waals surface area contributed by atoms with Crippen molar-refractivity contribution in [2.75, 3.05) is 4.90 Å². The molecule has 0 saturated carbocycles. The molecule has 0 aliphatic carbocycles. The Morgan fingerprint density at radius 1 is 0.227 bits per heavy atom. The summed E-state index contributed by atoms with van der Waals surface area (Å²) >= 11 is 0. The van der Waals surface area contributed by atoms with E-state index in [4.69, 9.17) is 4.42 Å². The zero-order valence-electron chi connectivity index (χ0n) is 36.0. The quantitative estimate of drug-likeness (QED) is 0.149. The van der Waals surface area contributed by atoms with Crippen molar-refractivity contribution in [3.8, 4) is 44.5 Å². The summed E-state index contributed by atoms with van der Waals surface area (Å²) < 4.78 is 6.44. The summed E-state index contributed by atoms with van der Waals surface area (Å²) in [5, 5.41) is 12.3. The van der Waals surface area contributed by atoms with Gasteiger partial charge < -0.3 is 9.32 Å².